The Morgan fingerprint density at radius 2 is 1.06 bits per heavy atom. The maximum Gasteiger partial charge on any atom is 0.306 e. The average molecular weight is 743 g/mol. The molecule has 0 amide bonds. The molecule has 0 unspecified atom stereocenters. The van der Waals surface area contributed by atoms with Gasteiger partial charge < -0.3 is 26.2 Å². The molecule has 0 atom stereocenters. The Morgan fingerprint density at radius 3 is 1.60 bits per heavy atom. The smallest absolute Gasteiger partial charge is 0.306 e. The van der Waals surface area contributed by atoms with Gasteiger partial charge in [-0.05, 0) is 47.0 Å². The third kappa shape index (κ3) is 10.2. The molecule has 18 heteroatoms. The Balaban J connectivity index is 1.99. The lowest BCUT2D eigenvalue weighted by Gasteiger charge is -2.21. The summed E-state index contributed by atoms with van der Waals surface area (Å²) in [5, 5.41) is 0. The van der Waals surface area contributed by atoms with Gasteiger partial charge in [0.2, 0.25) is 0 Å². The van der Waals surface area contributed by atoms with Crippen molar-refractivity contribution >= 4 is 40.5 Å². The standard InChI is InChI=1S/C30H30O14S4/c1-39-27-18-24(21-11-14-23(15-12-21)41-45(2,31)32)29(43-47(4,35)36)30(44-48(5,37)38)28(27)22-13-16-25(26(17-22)42-46(3,33)34)40-19-20-9-7-6-8-10-20/h6-18H,19H2,1-5H3. The second-order valence-corrected chi connectivity index (χ2v) is 16.6. The van der Waals surface area contributed by atoms with Gasteiger partial charge >= 0.3 is 40.5 Å². The summed E-state index contributed by atoms with van der Waals surface area (Å²) in [6, 6.07) is 19.6. The number of hydrogen-bond donors (Lipinski definition) is 0. The van der Waals surface area contributed by atoms with Crippen molar-refractivity contribution in [1.82, 2.24) is 0 Å². The molecule has 0 aliphatic heterocycles. The van der Waals surface area contributed by atoms with Gasteiger partial charge in [0.05, 0.1) is 37.7 Å². The van der Waals surface area contributed by atoms with Crippen molar-refractivity contribution in [2.24, 2.45) is 0 Å². The van der Waals surface area contributed by atoms with E-state index in [1.165, 1.54) is 55.6 Å². The maximum absolute atomic E-state index is 12.6. The molecule has 48 heavy (non-hydrogen) atoms. The zero-order chi connectivity index (χ0) is 35.5. The maximum atomic E-state index is 12.6. The molecule has 0 saturated heterocycles. The average Bonchev–Trinajstić information content (AvgIpc) is 2.95. The van der Waals surface area contributed by atoms with Crippen LogP contribution in [0, 0.1) is 0 Å². The predicted molar refractivity (Wildman–Crippen MR) is 177 cm³/mol. The Bertz CT molecular complexity index is 2250. The van der Waals surface area contributed by atoms with Crippen molar-refractivity contribution in [1.29, 1.82) is 0 Å². The van der Waals surface area contributed by atoms with Gasteiger partial charge in [0.25, 0.3) is 0 Å². The highest BCUT2D eigenvalue weighted by Gasteiger charge is 2.30. The molecule has 0 aromatic heterocycles. The quantitative estimate of drug-likeness (QED) is 0.169. The third-order valence-electron chi connectivity index (χ3n) is 6.01. The Kier molecular flexibility index (Phi) is 10.5. The molecule has 0 heterocycles. The van der Waals surface area contributed by atoms with E-state index in [4.69, 9.17) is 26.2 Å². The Morgan fingerprint density at radius 1 is 0.521 bits per heavy atom. The van der Waals surface area contributed by atoms with Gasteiger partial charge in [0, 0.05) is 5.56 Å². The summed E-state index contributed by atoms with van der Waals surface area (Å²) < 4.78 is 130. The lowest BCUT2D eigenvalue weighted by Crippen LogP contribution is -2.13. The van der Waals surface area contributed by atoms with Crippen LogP contribution < -0.4 is 26.2 Å². The van der Waals surface area contributed by atoms with Crippen molar-refractivity contribution in [3.05, 3.63) is 84.4 Å². The molecule has 0 saturated carbocycles. The summed E-state index contributed by atoms with van der Waals surface area (Å²) in [7, 11) is -15.5. The van der Waals surface area contributed by atoms with Gasteiger partial charge in [-0.25, -0.2) is 0 Å². The summed E-state index contributed by atoms with van der Waals surface area (Å²) in [4.78, 5) is 0. The minimum atomic E-state index is -4.39. The highest BCUT2D eigenvalue weighted by molar-refractivity contribution is 7.87. The van der Waals surface area contributed by atoms with E-state index < -0.39 is 52.0 Å². The van der Waals surface area contributed by atoms with Gasteiger partial charge in [0.15, 0.2) is 23.0 Å². The van der Waals surface area contributed by atoms with E-state index in [1.54, 1.807) is 24.3 Å². The number of rotatable bonds is 14. The molecule has 258 valence electrons. The molecular formula is C30H30O14S4. The first kappa shape index (κ1) is 36.3. The van der Waals surface area contributed by atoms with Crippen LogP contribution in [-0.4, -0.2) is 65.8 Å². The molecule has 0 bridgehead atoms. The van der Waals surface area contributed by atoms with E-state index in [2.05, 4.69) is 0 Å². The van der Waals surface area contributed by atoms with Crippen molar-refractivity contribution in [2.45, 2.75) is 6.61 Å². The molecule has 4 aromatic rings. The molecule has 0 fully saturated rings. The Labute approximate surface area is 279 Å². The fraction of sp³-hybridized carbons (Fsp3) is 0.200. The largest absolute Gasteiger partial charge is 0.496 e. The molecule has 0 aliphatic carbocycles. The van der Waals surface area contributed by atoms with Crippen LogP contribution in [0.2, 0.25) is 0 Å². The second-order valence-electron chi connectivity index (χ2n) is 10.3. The van der Waals surface area contributed by atoms with Crippen LogP contribution in [0.15, 0.2) is 78.9 Å². The monoisotopic (exact) mass is 742 g/mol. The molecule has 0 spiro atoms. The van der Waals surface area contributed by atoms with Crippen LogP contribution in [0.3, 0.4) is 0 Å². The Hall–Kier alpha value is -4.52. The zero-order valence-corrected chi connectivity index (χ0v) is 29.3. The number of methoxy groups -OCH3 is 1. The highest BCUT2D eigenvalue weighted by Crippen LogP contribution is 2.52. The first-order chi connectivity index (χ1) is 22.2. The van der Waals surface area contributed by atoms with Crippen LogP contribution in [0.5, 0.6) is 34.5 Å². The van der Waals surface area contributed by atoms with Crippen molar-refractivity contribution in [3.8, 4) is 56.8 Å². The molecular weight excluding hydrogens is 713 g/mol. The van der Waals surface area contributed by atoms with Gasteiger partial charge in [0.1, 0.15) is 18.1 Å². The molecule has 4 rings (SSSR count). The third-order valence-corrected chi connectivity index (χ3v) is 7.93. The van der Waals surface area contributed by atoms with E-state index in [9.17, 15) is 33.7 Å². The summed E-state index contributed by atoms with van der Waals surface area (Å²) in [5.74, 6) is -1.60. The van der Waals surface area contributed by atoms with E-state index in [1.807, 2.05) is 6.07 Å². The minimum Gasteiger partial charge on any atom is -0.496 e. The van der Waals surface area contributed by atoms with E-state index in [0.29, 0.717) is 0 Å². The minimum absolute atomic E-state index is 0.0122. The predicted octanol–water partition coefficient (Wildman–Crippen LogP) is 3.96. The normalized spacial score (nSPS) is 12.2. The summed E-state index contributed by atoms with van der Waals surface area (Å²) in [6.45, 7) is 0.0428. The van der Waals surface area contributed by atoms with Crippen LogP contribution in [0.4, 0.5) is 0 Å². The van der Waals surface area contributed by atoms with Crippen molar-refractivity contribution in [2.75, 3.05) is 32.1 Å². The van der Waals surface area contributed by atoms with Gasteiger partial charge in [-0.2, -0.15) is 33.7 Å². The molecule has 0 aliphatic rings. The SMILES string of the molecule is COc1cc(-c2ccc(OS(C)(=O)=O)cc2)c(OS(C)(=O)=O)c(OS(C)(=O)=O)c1-c1ccc(OCc2ccccc2)c(OS(C)(=O)=O)c1. The van der Waals surface area contributed by atoms with Crippen LogP contribution in [0.25, 0.3) is 22.3 Å². The van der Waals surface area contributed by atoms with Gasteiger partial charge in [-0.15, -0.1) is 0 Å². The number of benzene rings is 4. The first-order valence-electron chi connectivity index (χ1n) is 13.5. The van der Waals surface area contributed by atoms with E-state index in [0.717, 1.165) is 30.6 Å². The highest BCUT2D eigenvalue weighted by atomic mass is 32.2. The lowest BCUT2D eigenvalue weighted by molar-refractivity contribution is 0.296. The van der Waals surface area contributed by atoms with Crippen LogP contribution >= 0.6 is 0 Å². The summed E-state index contributed by atoms with van der Waals surface area (Å²) in [5.41, 5.74) is 0.837. The molecule has 4 aromatic carbocycles. The molecule has 0 radical (unpaired) electrons. The lowest BCUT2D eigenvalue weighted by atomic mass is 9.96. The van der Waals surface area contributed by atoms with Crippen LogP contribution in [0.1, 0.15) is 5.56 Å². The number of hydrogen-bond acceptors (Lipinski definition) is 14. The fourth-order valence-corrected chi connectivity index (χ4v) is 6.19. The summed E-state index contributed by atoms with van der Waals surface area (Å²) in [6.07, 6.45) is 3.12. The molecule has 14 nitrogen and oxygen atoms in total. The topological polar surface area (TPSA) is 192 Å². The zero-order valence-electron chi connectivity index (χ0n) is 26.1. The first-order valence-corrected chi connectivity index (χ1v) is 20.7. The van der Waals surface area contributed by atoms with Crippen molar-refractivity contribution in [3.63, 3.8) is 0 Å². The summed E-state index contributed by atoms with van der Waals surface area (Å²) >= 11 is 0. The van der Waals surface area contributed by atoms with E-state index in [-0.39, 0.29) is 51.9 Å². The molecule has 0 N–H and O–H groups in total. The van der Waals surface area contributed by atoms with Crippen molar-refractivity contribution < 1.29 is 59.9 Å². The van der Waals surface area contributed by atoms with Crippen LogP contribution in [-0.2, 0) is 47.1 Å². The van der Waals surface area contributed by atoms with Gasteiger partial charge in [-0.3, -0.25) is 0 Å². The second kappa shape index (κ2) is 13.9. The number of ether oxygens (including phenoxy) is 2. The van der Waals surface area contributed by atoms with Gasteiger partial charge in [-0.1, -0.05) is 48.5 Å². The van der Waals surface area contributed by atoms with E-state index >= 15 is 0 Å². The fourth-order valence-electron chi connectivity index (χ4n) is 4.34.